The highest BCUT2D eigenvalue weighted by Crippen LogP contribution is 2.24. The van der Waals surface area contributed by atoms with Crippen molar-refractivity contribution in [2.45, 2.75) is 30.0 Å². The van der Waals surface area contributed by atoms with Crippen LogP contribution >= 0.6 is 0 Å². The van der Waals surface area contributed by atoms with Gasteiger partial charge in [-0.05, 0) is 25.0 Å². The van der Waals surface area contributed by atoms with Crippen molar-refractivity contribution in [2.75, 3.05) is 7.11 Å². The molecule has 104 valence electrons. The Morgan fingerprint density at radius 2 is 2.16 bits per heavy atom. The van der Waals surface area contributed by atoms with Gasteiger partial charge in [0.1, 0.15) is 0 Å². The van der Waals surface area contributed by atoms with Gasteiger partial charge in [-0.15, -0.1) is 0 Å². The van der Waals surface area contributed by atoms with Crippen LogP contribution in [0.1, 0.15) is 23.2 Å². The normalized spacial score (nSPS) is 22.8. The standard InChI is InChI=1S/C11H14N2O5S/c1-18-9-4-8(5-9)13-19(16,17)10-3-2-7(6-12-10)11(14)15/h2-3,6,8-9,13H,4-5H2,1H3,(H,14,15). The van der Waals surface area contributed by atoms with Crippen LogP contribution in [0.3, 0.4) is 0 Å². The number of carboxylic acid groups (broad SMARTS) is 1. The van der Waals surface area contributed by atoms with Crippen molar-refractivity contribution < 1.29 is 23.1 Å². The van der Waals surface area contributed by atoms with Crippen molar-refractivity contribution in [3.8, 4) is 0 Å². The molecular formula is C11H14N2O5S. The average molecular weight is 286 g/mol. The number of pyridine rings is 1. The molecule has 0 unspecified atom stereocenters. The van der Waals surface area contributed by atoms with Crippen molar-refractivity contribution in [3.05, 3.63) is 23.9 Å². The zero-order valence-corrected chi connectivity index (χ0v) is 11.1. The first-order chi connectivity index (χ1) is 8.92. The molecule has 19 heavy (non-hydrogen) atoms. The van der Waals surface area contributed by atoms with Crippen LogP contribution in [0.4, 0.5) is 0 Å². The number of aromatic nitrogens is 1. The highest BCUT2D eigenvalue weighted by Gasteiger charge is 2.33. The number of nitrogens with zero attached hydrogens (tertiary/aromatic N) is 1. The Hall–Kier alpha value is -1.51. The molecule has 0 aliphatic heterocycles. The molecule has 1 saturated carbocycles. The number of methoxy groups -OCH3 is 1. The number of carboxylic acids is 1. The largest absolute Gasteiger partial charge is 0.478 e. The molecule has 0 amide bonds. The highest BCUT2D eigenvalue weighted by molar-refractivity contribution is 7.89. The molecule has 0 radical (unpaired) electrons. The number of carbonyl (C=O) groups is 1. The SMILES string of the molecule is COC1CC(NS(=O)(=O)c2ccc(C(=O)O)cn2)C1. The van der Waals surface area contributed by atoms with Gasteiger partial charge in [0.2, 0.25) is 0 Å². The number of hydrogen-bond acceptors (Lipinski definition) is 5. The van der Waals surface area contributed by atoms with E-state index in [1.54, 1.807) is 7.11 Å². The predicted molar refractivity (Wildman–Crippen MR) is 65.3 cm³/mol. The van der Waals surface area contributed by atoms with E-state index in [1.165, 1.54) is 12.1 Å². The fourth-order valence-electron chi connectivity index (χ4n) is 1.80. The summed E-state index contributed by atoms with van der Waals surface area (Å²) in [6.07, 6.45) is 2.37. The van der Waals surface area contributed by atoms with E-state index in [4.69, 9.17) is 9.84 Å². The average Bonchev–Trinajstić information content (AvgIpc) is 2.33. The summed E-state index contributed by atoms with van der Waals surface area (Å²) in [6, 6.07) is 2.23. The first-order valence-electron chi connectivity index (χ1n) is 5.67. The lowest BCUT2D eigenvalue weighted by Gasteiger charge is -2.34. The third-order valence-corrected chi connectivity index (χ3v) is 4.44. The van der Waals surface area contributed by atoms with E-state index in [2.05, 4.69) is 9.71 Å². The van der Waals surface area contributed by atoms with Crippen LogP contribution in [-0.2, 0) is 14.8 Å². The molecule has 2 rings (SSSR count). The molecule has 7 nitrogen and oxygen atoms in total. The van der Waals surface area contributed by atoms with E-state index in [0.717, 1.165) is 6.20 Å². The monoisotopic (exact) mass is 286 g/mol. The summed E-state index contributed by atoms with van der Waals surface area (Å²) >= 11 is 0. The number of sulfonamides is 1. The minimum Gasteiger partial charge on any atom is -0.478 e. The number of hydrogen-bond donors (Lipinski definition) is 2. The minimum absolute atomic E-state index is 0.0537. The summed E-state index contributed by atoms with van der Waals surface area (Å²) in [7, 11) is -2.12. The van der Waals surface area contributed by atoms with Crippen LogP contribution in [0.15, 0.2) is 23.4 Å². The maximum Gasteiger partial charge on any atom is 0.337 e. The second-order valence-corrected chi connectivity index (χ2v) is 6.00. The van der Waals surface area contributed by atoms with Gasteiger partial charge in [-0.25, -0.2) is 22.9 Å². The van der Waals surface area contributed by atoms with Crippen molar-refractivity contribution in [1.29, 1.82) is 0 Å². The molecule has 8 heteroatoms. The van der Waals surface area contributed by atoms with Gasteiger partial charge < -0.3 is 9.84 Å². The highest BCUT2D eigenvalue weighted by atomic mass is 32.2. The van der Waals surface area contributed by atoms with Crippen LogP contribution in [-0.4, -0.2) is 43.7 Å². The second-order valence-electron chi connectivity index (χ2n) is 4.34. The van der Waals surface area contributed by atoms with Crippen LogP contribution in [0, 0.1) is 0 Å². The molecule has 0 spiro atoms. The molecule has 0 aromatic carbocycles. The fraction of sp³-hybridized carbons (Fsp3) is 0.455. The van der Waals surface area contributed by atoms with Gasteiger partial charge in [0, 0.05) is 19.3 Å². The first kappa shape index (κ1) is 13.9. The Labute approximate surface area is 110 Å². The van der Waals surface area contributed by atoms with E-state index >= 15 is 0 Å². The lowest BCUT2D eigenvalue weighted by molar-refractivity contribution is 0.0236. The molecule has 1 heterocycles. The van der Waals surface area contributed by atoms with Crippen LogP contribution in [0.2, 0.25) is 0 Å². The van der Waals surface area contributed by atoms with Crippen molar-refractivity contribution in [1.82, 2.24) is 9.71 Å². The quantitative estimate of drug-likeness (QED) is 0.803. The molecular weight excluding hydrogens is 272 g/mol. The van der Waals surface area contributed by atoms with E-state index in [1.807, 2.05) is 0 Å². The third kappa shape index (κ3) is 3.09. The third-order valence-electron chi connectivity index (χ3n) is 3.01. The lowest BCUT2D eigenvalue weighted by Crippen LogP contribution is -2.47. The Balaban J connectivity index is 2.05. The van der Waals surface area contributed by atoms with E-state index in [9.17, 15) is 13.2 Å². The molecule has 1 aromatic heterocycles. The summed E-state index contributed by atoms with van der Waals surface area (Å²) in [5, 5.41) is 8.53. The number of aromatic carboxylic acids is 1. The van der Waals surface area contributed by atoms with Crippen LogP contribution in [0.25, 0.3) is 0 Å². The van der Waals surface area contributed by atoms with Gasteiger partial charge in [0.05, 0.1) is 11.7 Å². The van der Waals surface area contributed by atoms with Crippen LogP contribution < -0.4 is 4.72 Å². The summed E-state index contributed by atoms with van der Waals surface area (Å²) in [4.78, 5) is 14.3. The first-order valence-corrected chi connectivity index (χ1v) is 7.15. The maximum atomic E-state index is 11.9. The predicted octanol–water partition coefficient (Wildman–Crippen LogP) is 0.235. The van der Waals surface area contributed by atoms with E-state index in [0.29, 0.717) is 12.8 Å². The van der Waals surface area contributed by atoms with Gasteiger partial charge in [0.15, 0.2) is 5.03 Å². The van der Waals surface area contributed by atoms with Gasteiger partial charge in [-0.1, -0.05) is 0 Å². The Kier molecular flexibility index (Phi) is 3.83. The zero-order valence-electron chi connectivity index (χ0n) is 10.2. The second kappa shape index (κ2) is 5.24. The molecule has 1 aliphatic carbocycles. The summed E-state index contributed by atoms with van der Waals surface area (Å²) < 4.78 is 31.5. The summed E-state index contributed by atoms with van der Waals surface area (Å²) in [5.41, 5.74) is -0.0537. The smallest absolute Gasteiger partial charge is 0.337 e. The molecule has 1 aromatic rings. The van der Waals surface area contributed by atoms with E-state index < -0.39 is 16.0 Å². The topological polar surface area (TPSA) is 106 Å². The molecule has 2 N–H and O–H groups in total. The molecule has 1 fully saturated rings. The Morgan fingerprint density at radius 1 is 1.47 bits per heavy atom. The lowest BCUT2D eigenvalue weighted by atomic mass is 9.90. The summed E-state index contributed by atoms with van der Waals surface area (Å²) in [5.74, 6) is -1.15. The number of rotatable bonds is 5. The molecule has 1 aliphatic rings. The number of ether oxygens (including phenoxy) is 1. The summed E-state index contributed by atoms with van der Waals surface area (Å²) in [6.45, 7) is 0. The Bertz CT molecular complexity index is 563. The van der Waals surface area contributed by atoms with Gasteiger partial charge in [0.25, 0.3) is 10.0 Å². The van der Waals surface area contributed by atoms with Crippen molar-refractivity contribution in [3.63, 3.8) is 0 Å². The minimum atomic E-state index is -3.70. The van der Waals surface area contributed by atoms with E-state index in [-0.39, 0.29) is 22.7 Å². The van der Waals surface area contributed by atoms with Gasteiger partial charge in [-0.3, -0.25) is 0 Å². The van der Waals surface area contributed by atoms with Gasteiger partial charge >= 0.3 is 5.97 Å². The van der Waals surface area contributed by atoms with Gasteiger partial charge in [-0.2, -0.15) is 0 Å². The maximum absolute atomic E-state index is 11.9. The van der Waals surface area contributed by atoms with Crippen molar-refractivity contribution >= 4 is 16.0 Å². The molecule has 0 saturated heterocycles. The number of nitrogens with one attached hydrogen (secondary N) is 1. The Morgan fingerprint density at radius 3 is 2.63 bits per heavy atom. The fourth-order valence-corrected chi connectivity index (χ4v) is 2.99. The van der Waals surface area contributed by atoms with Crippen LogP contribution in [0.5, 0.6) is 0 Å². The molecule has 0 bridgehead atoms. The molecule has 0 atom stereocenters. The van der Waals surface area contributed by atoms with Crippen molar-refractivity contribution in [2.24, 2.45) is 0 Å². The zero-order chi connectivity index (χ0) is 14.0.